The molecule has 1 aliphatic carbocycles. The van der Waals surface area contributed by atoms with Gasteiger partial charge in [-0.25, -0.2) is 0 Å². The molecule has 1 saturated heterocycles. The molecule has 0 spiro atoms. The van der Waals surface area contributed by atoms with Gasteiger partial charge in [-0.1, -0.05) is 6.42 Å². The Kier molecular flexibility index (Phi) is 1.69. The SMILES string of the molecule is C[C@@H]1C[C@]2(CO)CCC[C@H]2O1. The maximum atomic E-state index is 9.26. The van der Waals surface area contributed by atoms with Gasteiger partial charge in [0.05, 0.1) is 18.8 Å². The van der Waals surface area contributed by atoms with Gasteiger partial charge in [0.15, 0.2) is 0 Å². The molecule has 1 heterocycles. The van der Waals surface area contributed by atoms with Crippen molar-refractivity contribution in [2.45, 2.75) is 44.8 Å². The highest BCUT2D eigenvalue weighted by atomic mass is 16.5. The van der Waals surface area contributed by atoms with E-state index < -0.39 is 0 Å². The van der Waals surface area contributed by atoms with Crippen LogP contribution in [-0.2, 0) is 4.74 Å². The fraction of sp³-hybridized carbons (Fsp3) is 1.00. The first-order valence-electron chi connectivity index (χ1n) is 4.53. The molecule has 2 nitrogen and oxygen atoms in total. The summed E-state index contributed by atoms with van der Waals surface area (Å²) in [6, 6.07) is 0. The maximum Gasteiger partial charge on any atom is 0.0657 e. The van der Waals surface area contributed by atoms with Crippen LogP contribution in [-0.4, -0.2) is 23.9 Å². The van der Waals surface area contributed by atoms with Crippen LogP contribution in [0.5, 0.6) is 0 Å². The average molecular weight is 156 g/mol. The minimum atomic E-state index is 0.152. The second kappa shape index (κ2) is 2.46. The summed E-state index contributed by atoms with van der Waals surface area (Å²) in [5.74, 6) is 0. The lowest BCUT2D eigenvalue weighted by molar-refractivity contribution is 0.0154. The number of aliphatic hydroxyl groups excluding tert-OH is 1. The van der Waals surface area contributed by atoms with Crippen molar-refractivity contribution < 1.29 is 9.84 Å². The van der Waals surface area contributed by atoms with E-state index in [1.54, 1.807) is 0 Å². The van der Waals surface area contributed by atoms with Crippen LogP contribution in [0.3, 0.4) is 0 Å². The van der Waals surface area contributed by atoms with Crippen molar-refractivity contribution in [3.05, 3.63) is 0 Å². The highest BCUT2D eigenvalue weighted by molar-refractivity contribution is 4.98. The normalized spacial score (nSPS) is 49.6. The molecule has 0 amide bonds. The smallest absolute Gasteiger partial charge is 0.0657 e. The number of rotatable bonds is 1. The maximum absolute atomic E-state index is 9.26. The van der Waals surface area contributed by atoms with Crippen molar-refractivity contribution in [3.8, 4) is 0 Å². The van der Waals surface area contributed by atoms with Crippen molar-refractivity contribution in [3.63, 3.8) is 0 Å². The standard InChI is InChI=1S/C9H16O2/c1-7-5-9(6-10)4-2-3-8(9)11-7/h7-8,10H,2-6H2,1H3/t7-,8-,9+/m1/s1. The number of ether oxygens (including phenoxy) is 1. The number of hydrogen-bond donors (Lipinski definition) is 1. The van der Waals surface area contributed by atoms with Crippen LogP contribution >= 0.6 is 0 Å². The van der Waals surface area contributed by atoms with E-state index in [0.29, 0.717) is 18.8 Å². The lowest BCUT2D eigenvalue weighted by Crippen LogP contribution is -2.28. The van der Waals surface area contributed by atoms with Crippen LogP contribution in [0.1, 0.15) is 32.6 Å². The summed E-state index contributed by atoms with van der Waals surface area (Å²) in [5.41, 5.74) is 0.152. The number of hydrogen-bond acceptors (Lipinski definition) is 2. The predicted octanol–water partition coefficient (Wildman–Crippen LogP) is 1.33. The van der Waals surface area contributed by atoms with Gasteiger partial charge in [-0.15, -0.1) is 0 Å². The first-order chi connectivity index (χ1) is 5.27. The Hall–Kier alpha value is -0.0800. The second-order valence-corrected chi connectivity index (χ2v) is 4.05. The highest BCUT2D eigenvalue weighted by Gasteiger charge is 2.49. The van der Waals surface area contributed by atoms with Crippen molar-refractivity contribution in [2.75, 3.05) is 6.61 Å². The number of fused-ring (bicyclic) bond motifs is 1. The molecule has 2 aliphatic rings. The Balaban J connectivity index is 2.15. The Labute approximate surface area is 67.6 Å². The summed E-state index contributed by atoms with van der Waals surface area (Å²) in [4.78, 5) is 0. The zero-order valence-electron chi connectivity index (χ0n) is 7.05. The van der Waals surface area contributed by atoms with Crippen LogP contribution in [0.4, 0.5) is 0 Å². The fourth-order valence-corrected chi connectivity index (χ4v) is 2.70. The molecule has 11 heavy (non-hydrogen) atoms. The van der Waals surface area contributed by atoms with Gasteiger partial charge in [0, 0.05) is 5.41 Å². The van der Waals surface area contributed by atoms with E-state index >= 15 is 0 Å². The molecule has 2 fully saturated rings. The van der Waals surface area contributed by atoms with E-state index in [1.165, 1.54) is 12.8 Å². The second-order valence-electron chi connectivity index (χ2n) is 4.05. The summed E-state index contributed by atoms with van der Waals surface area (Å²) in [6.07, 6.45) is 5.35. The van der Waals surface area contributed by atoms with Gasteiger partial charge in [-0.05, 0) is 26.2 Å². The van der Waals surface area contributed by atoms with Crippen molar-refractivity contribution in [1.29, 1.82) is 0 Å². The largest absolute Gasteiger partial charge is 0.396 e. The molecule has 1 N–H and O–H groups in total. The molecule has 3 atom stereocenters. The monoisotopic (exact) mass is 156 g/mol. The van der Waals surface area contributed by atoms with Gasteiger partial charge in [-0.3, -0.25) is 0 Å². The minimum Gasteiger partial charge on any atom is -0.396 e. The molecular weight excluding hydrogens is 140 g/mol. The summed E-state index contributed by atoms with van der Waals surface area (Å²) >= 11 is 0. The quantitative estimate of drug-likeness (QED) is 0.620. The lowest BCUT2D eigenvalue weighted by Gasteiger charge is -2.24. The van der Waals surface area contributed by atoms with Gasteiger partial charge in [-0.2, -0.15) is 0 Å². The molecule has 0 aromatic heterocycles. The van der Waals surface area contributed by atoms with Crippen LogP contribution in [0.25, 0.3) is 0 Å². The van der Waals surface area contributed by atoms with Crippen molar-refractivity contribution >= 4 is 0 Å². The molecule has 0 aromatic rings. The van der Waals surface area contributed by atoms with Crippen molar-refractivity contribution in [1.82, 2.24) is 0 Å². The Bertz CT molecular complexity index is 158. The summed E-state index contributed by atoms with van der Waals surface area (Å²) in [6.45, 7) is 2.43. The Morgan fingerprint density at radius 1 is 1.64 bits per heavy atom. The van der Waals surface area contributed by atoms with Gasteiger partial charge < -0.3 is 9.84 Å². The van der Waals surface area contributed by atoms with Crippen LogP contribution in [0.15, 0.2) is 0 Å². The average Bonchev–Trinajstić information content (AvgIpc) is 2.43. The predicted molar refractivity (Wildman–Crippen MR) is 42.3 cm³/mol. The molecule has 2 heteroatoms. The first kappa shape index (κ1) is 7.56. The Morgan fingerprint density at radius 3 is 3.09 bits per heavy atom. The molecule has 0 radical (unpaired) electrons. The van der Waals surface area contributed by atoms with Crippen LogP contribution < -0.4 is 0 Å². The van der Waals surface area contributed by atoms with E-state index in [9.17, 15) is 5.11 Å². The molecule has 0 bridgehead atoms. The van der Waals surface area contributed by atoms with Gasteiger partial charge in [0.2, 0.25) is 0 Å². The van der Waals surface area contributed by atoms with E-state index in [4.69, 9.17) is 4.74 Å². The molecule has 1 aliphatic heterocycles. The molecule has 2 rings (SSSR count). The van der Waals surface area contributed by atoms with E-state index in [-0.39, 0.29) is 5.41 Å². The number of aliphatic hydroxyl groups is 1. The first-order valence-corrected chi connectivity index (χ1v) is 4.53. The third-order valence-electron chi connectivity index (χ3n) is 3.23. The zero-order valence-corrected chi connectivity index (χ0v) is 7.05. The van der Waals surface area contributed by atoms with Gasteiger partial charge in [0.1, 0.15) is 0 Å². The highest BCUT2D eigenvalue weighted by Crippen LogP contribution is 2.49. The van der Waals surface area contributed by atoms with E-state index in [0.717, 1.165) is 12.8 Å². The van der Waals surface area contributed by atoms with Crippen molar-refractivity contribution in [2.24, 2.45) is 5.41 Å². The molecule has 0 aromatic carbocycles. The van der Waals surface area contributed by atoms with E-state index in [1.807, 2.05) is 0 Å². The third-order valence-corrected chi connectivity index (χ3v) is 3.23. The fourth-order valence-electron chi connectivity index (χ4n) is 2.70. The lowest BCUT2D eigenvalue weighted by atomic mass is 9.82. The summed E-state index contributed by atoms with van der Waals surface area (Å²) in [7, 11) is 0. The minimum absolute atomic E-state index is 0.152. The van der Waals surface area contributed by atoms with E-state index in [2.05, 4.69) is 6.92 Å². The molecule has 1 saturated carbocycles. The molecule has 64 valence electrons. The zero-order chi connectivity index (χ0) is 7.90. The Morgan fingerprint density at radius 2 is 2.45 bits per heavy atom. The van der Waals surface area contributed by atoms with Gasteiger partial charge >= 0.3 is 0 Å². The van der Waals surface area contributed by atoms with Crippen LogP contribution in [0.2, 0.25) is 0 Å². The summed E-state index contributed by atoms with van der Waals surface area (Å²) in [5, 5.41) is 9.26. The van der Waals surface area contributed by atoms with Crippen LogP contribution in [0, 0.1) is 5.41 Å². The molecule has 0 unspecified atom stereocenters. The third kappa shape index (κ3) is 1.00. The topological polar surface area (TPSA) is 29.5 Å². The summed E-state index contributed by atoms with van der Waals surface area (Å²) < 4.78 is 5.72. The molecular formula is C9H16O2. The van der Waals surface area contributed by atoms with Gasteiger partial charge in [0.25, 0.3) is 0 Å².